The van der Waals surface area contributed by atoms with Gasteiger partial charge in [-0.1, -0.05) is 151 Å². The molecule has 4 aliphatic rings. The van der Waals surface area contributed by atoms with Crippen molar-refractivity contribution in [3.8, 4) is 0 Å². The molecule has 0 aromatic carbocycles. The van der Waals surface area contributed by atoms with Crippen LogP contribution in [0.1, 0.15) is 88.5 Å². The summed E-state index contributed by atoms with van der Waals surface area (Å²) >= 11 is 42.2. The van der Waals surface area contributed by atoms with Gasteiger partial charge in [0.1, 0.15) is 91.6 Å². The molecular weight excluding hydrogens is 1570 g/mol. The number of halogens is 8. The van der Waals surface area contributed by atoms with E-state index in [0.29, 0.717) is 9.13 Å². The van der Waals surface area contributed by atoms with Gasteiger partial charge in [0.15, 0.2) is 51.2 Å². The van der Waals surface area contributed by atoms with E-state index in [-0.39, 0.29) is 55.1 Å². The minimum atomic E-state index is -3.95. The lowest BCUT2D eigenvalue weighted by Crippen LogP contribution is -2.46. The van der Waals surface area contributed by atoms with Gasteiger partial charge in [0.05, 0.1) is 28.3 Å². The number of carbonyl (C=O) groups is 4. The number of nitrogens with two attached hydrogens (primary N) is 4. The van der Waals surface area contributed by atoms with Gasteiger partial charge in [-0.25, -0.2) is 36.7 Å². The summed E-state index contributed by atoms with van der Waals surface area (Å²) in [7, 11) is 0. The number of aliphatic hydroxyl groups is 8. The van der Waals surface area contributed by atoms with Crippen molar-refractivity contribution < 1.29 is 124 Å². The molecule has 36 nitrogen and oxygen atoms in total. The summed E-state index contributed by atoms with van der Waals surface area (Å²) in [4.78, 5) is 104. The molecule has 0 bridgehead atoms. The van der Waals surface area contributed by atoms with Crippen LogP contribution < -0.4 is 45.7 Å². The zero-order chi connectivity index (χ0) is 84.7. The fourth-order valence-electron chi connectivity index (χ4n) is 8.46. The van der Waals surface area contributed by atoms with Crippen LogP contribution in [0.5, 0.6) is 0 Å². The summed E-state index contributed by atoms with van der Waals surface area (Å²) in [5, 5.41) is 80.1. The maximum atomic E-state index is 15.4. The number of H-pyrrole nitrogens is 4. The standard InChI is InChI=1S/4C14H19ClFN3O6S/c4*1-5(2)7(17)12(22)24-4-14(16)9(21)8(20)11(25-14)19-3-6(15)10(26)18-13(19)23/h4*3,5,7-9,11,20-21H,4,17H2,1-2H3,(H,18,23,26)/t4*7-,8+,9-,11+,14+/m0000/s1/i4D2,11D;11D;4D2;. The molecule has 8 rings (SSSR count). The van der Waals surface area contributed by atoms with E-state index in [1.54, 1.807) is 41.5 Å². The number of hydrogen-bond donors (Lipinski definition) is 16. The van der Waals surface area contributed by atoms with Crippen molar-refractivity contribution in [2.24, 2.45) is 46.6 Å². The van der Waals surface area contributed by atoms with Crippen molar-refractivity contribution >= 4 is 119 Å². The second kappa shape index (κ2) is 36.2. The molecule has 0 radical (unpaired) electrons. The monoisotopic (exact) mass is 1650 g/mol. The van der Waals surface area contributed by atoms with Gasteiger partial charge in [-0.15, -0.1) is 0 Å². The molecule has 4 aromatic rings. The van der Waals surface area contributed by atoms with Crippen LogP contribution in [0.15, 0.2) is 44.0 Å². The molecule has 4 aromatic heterocycles. The van der Waals surface area contributed by atoms with E-state index in [9.17, 15) is 83.6 Å². The minimum Gasteiger partial charge on any atom is -0.458 e. The van der Waals surface area contributed by atoms with Crippen molar-refractivity contribution in [3.05, 3.63) is 105 Å². The average molecular weight is 1650 g/mol. The molecule has 20 atom stereocenters. The van der Waals surface area contributed by atoms with Gasteiger partial charge >= 0.3 is 46.6 Å². The van der Waals surface area contributed by atoms with Gasteiger partial charge in [-0.3, -0.25) is 57.4 Å². The summed E-state index contributed by atoms with van der Waals surface area (Å²) in [5.41, 5.74) is 18.3. The van der Waals surface area contributed by atoms with E-state index in [1.807, 2.05) is 4.98 Å². The molecule has 0 spiro atoms. The third-order valence-corrected chi connectivity index (χ3v) is 18.0. The lowest BCUT2D eigenvalue weighted by molar-refractivity contribution is -0.217. The first-order chi connectivity index (χ1) is 50.1. The molecule has 0 amide bonds. The smallest absolute Gasteiger partial charge is 0.328 e. The number of aliphatic hydroxyl groups excluding tert-OH is 8. The first-order valence-electron chi connectivity index (χ1n) is 33.0. The van der Waals surface area contributed by atoms with Gasteiger partial charge in [0.2, 0.25) is 0 Å². The summed E-state index contributed by atoms with van der Waals surface area (Å²) in [6.45, 7) is 3.38. The predicted molar refractivity (Wildman–Crippen MR) is 363 cm³/mol. The van der Waals surface area contributed by atoms with Crippen LogP contribution in [-0.4, -0.2) is 226 Å². The molecule has 48 heteroatoms. The molecule has 8 heterocycles. The van der Waals surface area contributed by atoms with Crippen LogP contribution in [0.4, 0.5) is 17.6 Å². The SMILES string of the molecule is CC(C)[C@H](N)C(=O)OC[C@@]1(F)O[C@@H](n2cc(Cl)c(=S)[nH]c2=O)[C@H](O)[C@@H]1O.[2H]C([2H])(OC(=O)[C@@H](N)C(C)C)[C@@]1(F)O[C@@H](n2cc(Cl)c(=S)[nH]c2=O)[C@H](O)[C@@H]1O.[2H]C([2H])(OC(=O)[C@@H](N)C(C)C)[C@@]1(F)O[C@@]([2H])(n2cc(Cl)c(=S)[nH]c2=O)[C@H](O)[C@@H]1O.[2H][C@@]1(n2cc(Cl)c(=S)[nH]c2=O)O[C@](F)(COC(=O)[C@@H](N)C(C)C)[C@@H](O)[C@H]1O. The van der Waals surface area contributed by atoms with E-state index < -0.39 is 206 Å². The van der Waals surface area contributed by atoms with E-state index in [4.69, 9.17) is 150 Å². The number of hydrogen-bond acceptors (Lipinski definition) is 32. The predicted octanol–water partition coefficient (Wildman–Crippen LogP) is 0.00876. The Morgan fingerprint density at radius 2 is 0.673 bits per heavy atom. The Labute approximate surface area is 632 Å². The number of rotatable bonds is 20. The number of aromatic nitrogens is 8. The van der Waals surface area contributed by atoms with E-state index in [1.165, 1.54) is 13.8 Å². The van der Waals surface area contributed by atoms with Crippen molar-refractivity contribution in [2.75, 3.05) is 26.3 Å². The van der Waals surface area contributed by atoms with Crippen LogP contribution in [-0.2, 0) is 57.1 Å². The average Bonchev–Trinajstić information content (AvgIpc) is 1.58. The highest BCUT2D eigenvalue weighted by Gasteiger charge is 2.61. The lowest BCUT2D eigenvalue weighted by Gasteiger charge is -2.24. The van der Waals surface area contributed by atoms with Gasteiger partial charge in [-0.2, -0.15) is 0 Å². The molecule has 584 valence electrons. The quantitative estimate of drug-likeness (QED) is 0.0240. The molecular formula is C56H76Cl4F4N12O24S4. The zero-order valence-electron chi connectivity index (χ0n) is 61.0. The van der Waals surface area contributed by atoms with Gasteiger partial charge in [0.25, 0.3) is 23.4 Å². The maximum Gasteiger partial charge on any atom is 0.328 e. The van der Waals surface area contributed by atoms with Gasteiger partial charge < -0.3 is 102 Å². The van der Waals surface area contributed by atoms with Crippen LogP contribution in [0.25, 0.3) is 0 Å². The highest BCUT2D eigenvalue weighted by Crippen LogP contribution is 2.42. The zero-order valence-corrected chi connectivity index (χ0v) is 61.3. The largest absolute Gasteiger partial charge is 0.458 e. The van der Waals surface area contributed by atoms with Gasteiger partial charge in [-0.05, 0) is 23.7 Å². The Morgan fingerprint density at radius 1 is 0.452 bits per heavy atom. The fourth-order valence-corrected chi connectivity index (χ4v) is 9.62. The number of nitrogens with zero attached hydrogens (tertiary/aromatic N) is 4. The Balaban J connectivity index is 0.000000263. The highest BCUT2D eigenvalue weighted by molar-refractivity contribution is 7.72. The molecule has 20 N–H and O–H groups in total. The molecule has 0 aliphatic carbocycles. The van der Waals surface area contributed by atoms with Crippen molar-refractivity contribution in [2.45, 2.75) is 177 Å². The maximum absolute atomic E-state index is 15.4. The summed E-state index contributed by atoms with van der Waals surface area (Å²) < 4.78 is 147. The number of ether oxygens (including phenoxy) is 8. The molecule has 104 heavy (non-hydrogen) atoms. The third kappa shape index (κ3) is 20.6. The summed E-state index contributed by atoms with van der Waals surface area (Å²) in [5.74, 6) is -19.8. The van der Waals surface area contributed by atoms with Crippen LogP contribution in [0.3, 0.4) is 0 Å². The molecule has 0 unspecified atom stereocenters. The Hall–Kier alpha value is -5.48. The third-order valence-electron chi connectivity index (χ3n) is 15.2. The first-order valence-corrected chi connectivity index (χ1v) is 33.1. The minimum absolute atomic E-state index is 0.0458. The lowest BCUT2D eigenvalue weighted by atomic mass is 10.1. The number of carbonyl (C=O) groups excluding carboxylic acids is 4. The van der Waals surface area contributed by atoms with E-state index in [2.05, 4.69) is 29.2 Å². The fraction of sp³-hybridized carbons (Fsp3) is 0.643. The Bertz CT molecular complexity index is 4590. The first kappa shape index (κ1) is 79.6. The van der Waals surface area contributed by atoms with Crippen molar-refractivity contribution in [3.63, 3.8) is 0 Å². The van der Waals surface area contributed by atoms with E-state index >= 15 is 13.2 Å². The second-order valence-electron chi connectivity index (χ2n) is 24.3. The molecule has 4 fully saturated rings. The number of nitrogens with one attached hydrogen (secondary N) is 4. The summed E-state index contributed by atoms with van der Waals surface area (Å²) in [6, 6.07) is -4.64. The van der Waals surface area contributed by atoms with Crippen molar-refractivity contribution in [1.29, 1.82) is 0 Å². The summed E-state index contributed by atoms with van der Waals surface area (Å²) in [6.07, 6.45) is -24.2. The second-order valence-corrected chi connectivity index (χ2v) is 27.5. The Morgan fingerprint density at radius 3 is 0.981 bits per heavy atom. The van der Waals surface area contributed by atoms with E-state index in [0.717, 1.165) is 29.4 Å². The number of alkyl halides is 4. The van der Waals surface area contributed by atoms with Crippen molar-refractivity contribution in [1.82, 2.24) is 38.2 Å². The van der Waals surface area contributed by atoms with Gasteiger partial charge in [0, 0.05) is 24.8 Å². The molecule has 0 saturated carbocycles. The normalized spacial score (nSPS) is 32.3. The number of aromatic amines is 4. The van der Waals surface area contributed by atoms with Crippen LogP contribution >= 0.6 is 95.3 Å². The van der Waals surface area contributed by atoms with Crippen LogP contribution in [0, 0.1) is 42.2 Å². The Kier molecular flexibility index (Phi) is 27.7. The number of esters is 4. The topological polar surface area (TPSA) is 559 Å². The molecule has 4 aliphatic heterocycles. The highest BCUT2D eigenvalue weighted by atomic mass is 35.5. The van der Waals surface area contributed by atoms with Crippen LogP contribution in [0.2, 0.25) is 20.1 Å². The molecule has 4 saturated heterocycles.